The van der Waals surface area contributed by atoms with Gasteiger partial charge in [0.1, 0.15) is 5.82 Å². The fraction of sp³-hybridized carbons (Fsp3) is 0.370. The Morgan fingerprint density at radius 2 is 1.88 bits per heavy atom. The van der Waals surface area contributed by atoms with Gasteiger partial charge in [0.2, 0.25) is 5.91 Å². The Bertz CT molecular complexity index is 1150. The van der Waals surface area contributed by atoms with Crippen LogP contribution in [0.5, 0.6) is 0 Å². The Labute approximate surface area is 203 Å². The number of carbonyl (C=O) groups excluding carboxylic acids is 1. The summed E-state index contributed by atoms with van der Waals surface area (Å²) in [6, 6.07) is 12.4. The molecule has 4 rings (SSSR count). The van der Waals surface area contributed by atoms with Gasteiger partial charge in [0, 0.05) is 61.2 Å². The lowest BCUT2D eigenvalue weighted by atomic mass is 9.93. The van der Waals surface area contributed by atoms with E-state index in [2.05, 4.69) is 21.6 Å². The standard InChI is InChI=1S/C27H32FN3O2S/c1-18-24(16-20-4-7-22(8-5-20)34(3)33)23-9-6-21(28)17-25(23)26(18)19(2)27(32)30-12-15-31-13-10-29-11-14-31/h4-9,16-17,19,29H,10-15H2,1-3H3,(H,30,32)/b24-16-. The minimum Gasteiger partial charge on any atom is -0.354 e. The second kappa shape index (κ2) is 10.8. The molecule has 1 aliphatic heterocycles. The molecule has 1 aliphatic carbocycles. The lowest BCUT2D eigenvalue weighted by Crippen LogP contribution is -2.46. The monoisotopic (exact) mass is 481 g/mol. The fourth-order valence-corrected chi connectivity index (χ4v) is 5.27. The molecule has 0 radical (unpaired) electrons. The average Bonchev–Trinajstić information content (AvgIpc) is 3.09. The van der Waals surface area contributed by atoms with Gasteiger partial charge >= 0.3 is 0 Å². The minimum absolute atomic E-state index is 0.0456. The number of benzene rings is 2. The number of nitrogens with zero attached hydrogens (tertiary/aromatic N) is 1. The van der Waals surface area contributed by atoms with Crippen LogP contribution in [-0.2, 0) is 15.6 Å². The highest BCUT2D eigenvalue weighted by Crippen LogP contribution is 2.45. The first-order valence-corrected chi connectivity index (χ1v) is 13.3. The second-order valence-electron chi connectivity index (χ2n) is 8.91. The van der Waals surface area contributed by atoms with Crippen LogP contribution in [0.1, 0.15) is 30.5 Å². The average molecular weight is 482 g/mol. The third-order valence-electron chi connectivity index (χ3n) is 6.66. The van der Waals surface area contributed by atoms with Gasteiger partial charge in [-0.2, -0.15) is 0 Å². The molecule has 1 amide bonds. The molecule has 1 fully saturated rings. The van der Waals surface area contributed by atoms with Gasteiger partial charge < -0.3 is 10.6 Å². The summed E-state index contributed by atoms with van der Waals surface area (Å²) in [7, 11) is -1.03. The molecule has 7 heteroatoms. The Morgan fingerprint density at radius 3 is 2.56 bits per heavy atom. The van der Waals surface area contributed by atoms with Crippen molar-refractivity contribution in [1.82, 2.24) is 15.5 Å². The van der Waals surface area contributed by atoms with E-state index in [-0.39, 0.29) is 11.7 Å². The summed E-state index contributed by atoms with van der Waals surface area (Å²) in [5, 5.41) is 6.41. The van der Waals surface area contributed by atoms with Crippen molar-refractivity contribution in [3.05, 3.63) is 70.5 Å². The normalized spacial score (nSPS) is 19.2. The molecular weight excluding hydrogens is 449 g/mol. The summed E-state index contributed by atoms with van der Waals surface area (Å²) in [5.74, 6) is -0.763. The highest BCUT2D eigenvalue weighted by atomic mass is 32.2. The molecule has 0 spiro atoms. The number of allylic oxidation sites excluding steroid dienone is 2. The predicted molar refractivity (Wildman–Crippen MR) is 137 cm³/mol. The van der Waals surface area contributed by atoms with Crippen molar-refractivity contribution < 1.29 is 13.4 Å². The smallest absolute Gasteiger partial charge is 0.227 e. The third-order valence-corrected chi connectivity index (χ3v) is 7.59. The highest BCUT2D eigenvalue weighted by molar-refractivity contribution is 7.84. The van der Waals surface area contributed by atoms with Gasteiger partial charge in [-0.25, -0.2) is 4.39 Å². The van der Waals surface area contributed by atoms with E-state index < -0.39 is 16.7 Å². The van der Waals surface area contributed by atoms with E-state index in [4.69, 9.17) is 0 Å². The van der Waals surface area contributed by atoms with Crippen LogP contribution in [-0.4, -0.2) is 60.5 Å². The Kier molecular flexibility index (Phi) is 7.76. The van der Waals surface area contributed by atoms with Gasteiger partial charge in [0.25, 0.3) is 0 Å². The topological polar surface area (TPSA) is 61.4 Å². The van der Waals surface area contributed by atoms with Crippen LogP contribution < -0.4 is 10.6 Å². The van der Waals surface area contributed by atoms with Crippen LogP contribution in [0.2, 0.25) is 0 Å². The molecule has 2 aromatic carbocycles. The van der Waals surface area contributed by atoms with Crippen LogP contribution in [0.4, 0.5) is 4.39 Å². The number of piperazine rings is 1. The number of fused-ring (bicyclic) bond motifs is 1. The molecule has 2 atom stereocenters. The van der Waals surface area contributed by atoms with E-state index in [1.165, 1.54) is 12.1 Å². The lowest BCUT2D eigenvalue weighted by molar-refractivity contribution is -0.122. The second-order valence-corrected chi connectivity index (χ2v) is 10.3. The molecule has 5 nitrogen and oxygen atoms in total. The first kappa shape index (κ1) is 24.5. The Balaban J connectivity index is 1.57. The van der Waals surface area contributed by atoms with Gasteiger partial charge in [0.15, 0.2) is 0 Å². The van der Waals surface area contributed by atoms with Crippen LogP contribution in [0.3, 0.4) is 0 Å². The number of halogens is 1. The Morgan fingerprint density at radius 1 is 1.18 bits per heavy atom. The molecule has 2 unspecified atom stereocenters. The molecule has 2 N–H and O–H groups in total. The number of amides is 1. The molecule has 180 valence electrons. The molecule has 34 heavy (non-hydrogen) atoms. The number of rotatable bonds is 7. The summed E-state index contributed by atoms with van der Waals surface area (Å²) < 4.78 is 25.9. The fourth-order valence-electron chi connectivity index (χ4n) is 4.75. The van der Waals surface area contributed by atoms with Crippen LogP contribution in [0, 0.1) is 11.7 Å². The van der Waals surface area contributed by atoms with Gasteiger partial charge in [-0.3, -0.25) is 13.9 Å². The molecule has 2 aliphatic rings. The number of carbonyl (C=O) groups is 1. The van der Waals surface area contributed by atoms with Crippen molar-refractivity contribution in [2.45, 2.75) is 18.7 Å². The quantitative estimate of drug-likeness (QED) is 0.635. The summed E-state index contributed by atoms with van der Waals surface area (Å²) in [4.78, 5) is 16.2. The van der Waals surface area contributed by atoms with Gasteiger partial charge in [-0.05, 0) is 77.6 Å². The van der Waals surface area contributed by atoms with Crippen LogP contribution >= 0.6 is 0 Å². The van der Waals surface area contributed by atoms with Crippen LogP contribution in [0.15, 0.2) is 52.9 Å². The maximum absolute atomic E-state index is 14.2. The van der Waals surface area contributed by atoms with Crippen molar-refractivity contribution in [1.29, 1.82) is 0 Å². The van der Waals surface area contributed by atoms with E-state index in [9.17, 15) is 13.4 Å². The van der Waals surface area contributed by atoms with Crippen molar-refractivity contribution >= 4 is 33.9 Å². The number of hydrogen-bond donors (Lipinski definition) is 2. The summed E-state index contributed by atoms with van der Waals surface area (Å²) in [6.45, 7) is 9.25. The van der Waals surface area contributed by atoms with E-state index in [0.29, 0.717) is 6.54 Å². The predicted octanol–water partition coefficient (Wildman–Crippen LogP) is 3.55. The molecule has 1 heterocycles. The lowest BCUT2D eigenvalue weighted by Gasteiger charge is -2.27. The molecule has 2 aromatic rings. The molecule has 0 aromatic heterocycles. The maximum Gasteiger partial charge on any atom is 0.227 e. The van der Waals surface area contributed by atoms with Gasteiger partial charge in [-0.1, -0.05) is 18.2 Å². The SMILES string of the molecule is CC1=C(C(C)C(=O)NCCN2CCNCC2)c2cc(F)ccc2/C1=C\c1ccc(S(C)=O)cc1. The molecule has 1 saturated heterocycles. The number of hydrogen-bond acceptors (Lipinski definition) is 4. The van der Waals surface area contributed by atoms with Gasteiger partial charge in [0.05, 0.1) is 5.92 Å². The first-order chi connectivity index (χ1) is 16.3. The summed E-state index contributed by atoms with van der Waals surface area (Å²) in [6.07, 6.45) is 3.71. The molecule has 0 saturated carbocycles. The summed E-state index contributed by atoms with van der Waals surface area (Å²) in [5.41, 5.74) is 5.50. The number of nitrogens with one attached hydrogen (secondary N) is 2. The minimum atomic E-state index is -1.03. The van der Waals surface area contributed by atoms with Crippen LogP contribution in [0.25, 0.3) is 17.2 Å². The highest BCUT2D eigenvalue weighted by Gasteiger charge is 2.30. The molecular formula is C27H32FN3O2S. The Hall–Kier alpha value is -2.61. The zero-order chi connectivity index (χ0) is 24.2. The maximum atomic E-state index is 14.2. The third kappa shape index (κ3) is 5.37. The van der Waals surface area contributed by atoms with Crippen molar-refractivity contribution in [3.63, 3.8) is 0 Å². The molecule has 0 bridgehead atoms. The van der Waals surface area contributed by atoms with E-state index in [1.807, 2.05) is 38.1 Å². The van der Waals surface area contributed by atoms with Crippen molar-refractivity contribution in [2.75, 3.05) is 45.5 Å². The zero-order valence-electron chi connectivity index (χ0n) is 20.0. The van der Waals surface area contributed by atoms with Crippen molar-refractivity contribution in [2.24, 2.45) is 5.92 Å². The van der Waals surface area contributed by atoms with E-state index in [0.717, 1.165) is 71.0 Å². The zero-order valence-corrected chi connectivity index (χ0v) is 20.8. The largest absolute Gasteiger partial charge is 0.354 e. The van der Waals surface area contributed by atoms with E-state index >= 15 is 0 Å². The summed E-state index contributed by atoms with van der Waals surface area (Å²) >= 11 is 0. The van der Waals surface area contributed by atoms with E-state index in [1.54, 1.807) is 12.3 Å². The van der Waals surface area contributed by atoms with Gasteiger partial charge in [-0.15, -0.1) is 0 Å². The first-order valence-electron chi connectivity index (χ1n) is 11.7. The van der Waals surface area contributed by atoms with Crippen molar-refractivity contribution in [3.8, 4) is 0 Å².